The first kappa shape index (κ1) is 14.7. The lowest BCUT2D eigenvalue weighted by Crippen LogP contribution is -2.44. The first-order valence-corrected chi connectivity index (χ1v) is 6.82. The Morgan fingerprint density at radius 1 is 1.45 bits per heavy atom. The van der Waals surface area contributed by atoms with Crippen LogP contribution >= 0.6 is 0 Å². The van der Waals surface area contributed by atoms with Gasteiger partial charge in [-0.3, -0.25) is 4.79 Å². The fourth-order valence-corrected chi connectivity index (χ4v) is 2.56. The third-order valence-corrected chi connectivity index (χ3v) is 3.80. The van der Waals surface area contributed by atoms with E-state index in [4.69, 9.17) is 0 Å². The second-order valence-corrected chi connectivity index (χ2v) is 5.29. The molecule has 0 bridgehead atoms. The number of nitrogens with one attached hydrogen (secondary N) is 1. The zero-order valence-electron chi connectivity index (χ0n) is 12.2. The highest BCUT2D eigenvalue weighted by atomic mass is 19.1. The molecule has 0 spiro atoms. The Labute approximate surface area is 118 Å². The summed E-state index contributed by atoms with van der Waals surface area (Å²) < 4.78 is 13.3. The van der Waals surface area contributed by atoms with Gasteiger partial charge in [0.25, 0.3) is 5.91 Å². The molecule has 0 aliphatic carbocycles. The van der Waals surface area contributed by atoms with Gasteiger partial charge in [0.05, 0.1) is 11.8 Å². The van der Waals surface area contributed by atoms with Gasteiger partial charge < -0.3 is 15.1 Å². The van der Waals surface area contributed by atoms with Crippen molar-refractivity contribution in [3.05, 3.63) is 23.6 Å². The van der Waals surface area contributed by atoms with Crippen molar-refractivity contribution in [3.8, 4) is 0 Å². The number of halogens is 1. The van der Waals surface area contributed by atoms with Crippen molar-refractivity contribution in [2.45, 2.75) is 18.9 Å². The number of anilines is 1. The molecule has 0 radical (unpaired) electrons. The number of likely N-dealkylation sites (tertiary alicyclic amines) is 1. The van der Waals surface area contributed by atoms with Gasteiger partial charge in [0.15, 0.2) is 0 Å². The van der Waals surface area contributed by atoms with Crippen LogP contribution in [0.1, 0.15) is 23.2 Å². The van der Waals surface area contributed by atoms with Gasteiger partial charge in [-0.05, 0) is 33.0 Å². The van der Waals surface area contributed by atoms with Crippen LogP contribution in [0.2, 0.25) is 0 Å². The number of pyridine rings is 1. The summed E-state index contributed by atoms with van der Waals surface area (Å²) in [6, 6.07) is 1.76. The van der Waals surface area contributed by atoms with E-state index >= 15 is 0 Å². The van der Waals surface area contributed by atoms with E-state index in [9.17, 15) is 9.18 Å². The lowest BCUT2D eigenvalue weighted by molar-refractivity contribution is 0.0663. The third kappa shape index (κ3) is 3.07. The largest absolute Gasteiger partial charge is 0.372 e. The van der Waals surface area contributed by atoms with Gasteiger partial charge in [-0.25, -0.2) is 9.37 Å². The average molecular weight is 280 g/mol. The van der Waals surface area contributed by atoms with E-state index in [-0.39, 0.29) is 5.91 Å². The van der Waals surface area contributed by atoms with Gasteiger partial charge in [0.1, 0.15) is 11.6 Å². The Kier molecular flexibility index (Phi) is 4.54. The summed E-state index contributed by atoms with van der Waals surface area (Å²) in [5.74, 6) is -0.222. The quantitative estimate of drug-likeness (QED) is 0.910. The van der Waals surface area contributed by atoms with Crippen molar-refractivity contribution in [2.75, 3.05) is 39.5 Å². The highest BCUT2D eigenvalue weighted by Gasteiger charge is 2.26. The smallest absolute Gasteiger partial charge is 0.257 e. The minimum atomic E-state index is -0.490. The Morgan fingerprint density at radius 2 is 2.10 bits per heavy atom. The number of hydrogen-bond acceptors (Lipinski definition) is 4. The molecule has 1 saturated heterocycles. The molecule has 1 aromatic heterocycles. The monoisotopic (exact) mass is 280 g/mol. The molecule has 0 atom stereocenters. The first-order valence-electron chi connectivity index (χ1n) is 6.82. The molecule has 1 amide bonds. The molecule has 0 saturated carbocycles. The summed E-state index contributed by atoms with van der Waals surface area (Å²) in [5, 5.41) is 2.84. The van der Waals surface area contributed by atoms with Crippen molar-refractivity contribution >= 4 is 11.7 Å². The maximum Gasteiger partial charge on any atom is 0.257 e. The fraction of sp³-hybridized carbons (Fsp3) is 0.571. The summed E-state index contributed by atoms with van der Waals surface area (Å²) in [4.78, 5) is 20.3. The molecule has 2 heterocycles. The number of piperidine rings is 1. The van der Waals surface area contributed by atoms with Crippen molar-refractivity contribution in [3.63, 3.8) is 0 Å². The average Bonchev–Trinajstić information content (AvgIpc) is 2.46. The molecular weight excluding hydrogens is 259 g/mol. The van der Waals surface area contributed by atoms with E-state index in [0.29, 0.717) is 30.5 Å². The Hall–Kier alpha value is -1.69. The topological polar surface area (TPSA) is 48.5 Å². The minimum Gasteiger partial charge on any atom is -0.372 e. The number of hydrogen-bond donors (Lipinski definition) is 1. The number of aromatic nitrogens is 1. The molecule has 1 fully saturated rings. The number of amides is 1. The van der Waals surface area contributed by atoms with E-state index in [0.717, 1.165) is 19.0 Å². The van der Waals surface area contributed by atoms with Gasteiger partial charge in [0, 0.05) is 26.2 Å². The lowest BCUT2D eigenvalue weighted by atomic mass is 10.0. The normalized spacial score (nSPS) is 16.6. The summed E-state index contributed by atoms with van der Waals surface area (Å²) >= 11 is 0. The molecule has 110 valence electrons. The Balaban J connectivity index is 2.11. The number of nitrogens with zero attached hydrogens (tertiary/aromatic N) is 3. The fourth-order valence-electron chi connectivity index (χ4n) is 2.56. The Bertz CT molecular complexity index is 484. The van der Waals surface area contributed by atoms with Gasteiger partial charge in [0.2, 0.25) is 0 Å². The first-order chi connectivity index (χ1) is 9.52. The van der Waals surface area contributed by atoms with E-state index in [1.165, 1.54) is 6.07 Å². The molecular formula is C14H21FN4O. The minimum absolute atomic E-state index is 0.154. The summed E-state index contributed by atoms with van der Waals surface area (Å²) in [5.41, 5.74) is 0.302. The molecule has 1 aromatic rings. The second-order valence-electron chi connectivity index (χ2n) is 5.29. The molecule has 1 N–H and O–H groups in total. The van der Waals surface area contributed by atoms with Crippen molar-refractivity contribution < 1.29 is 9.18 Å². The van der Waals surface area contributed by atoms with E-state index in [2.05, 4.69) is 29.3 Å². The predicted octanol–water partition coefficient (Wildman–Crippen LogP) is 1.43. The number of carbonyl (C=O) groups is 1. The number of carbonyl (C=O) groups excluding carboxylic acids is 1. The molecule has 1 aliphatic rings. The van der Waals surface area contributed by atoms with Crippen LogP contribution in [0.4, 0.5) is 10.2 Å². The van der Waals surface area contributed by atoms with Crippen molar-refractivity contribution in [1.82, 2.24) is 14.8 Å². The summed E-state index contributed by atoms with van der Waals surface area (Å²) in [6.45, 7) is 1.39. The zero-order valence-corrected chi connectivity index (χ0v) is 12.2. The van der Waals surface area contributed by atoms with Crippen LogP contribution in [0.3, 0.4) is 0 Å². The molecule has 0 aromatic carbocycles. The van der Waals surface area contributed by atoms with E-state index in [1.54, 1.807) is 11.9 Å². The highest BCUT2D eigenvalue weighted by Crippen LogP contribution is 2.20. The maximum absolute atomic E-state index is 13.3. The van der Waals surface area contributed by atoms with Crippen LogP contribution in [0, 0.1) is 5.82 Å². The van der Waals surface area contributed by atoms with Crippen LogP contribution < -0.4 is 5.32 Å². The molecule has 1 aliphatic heterocycles. The molecule has 6 heteroatoms. The van der Waals surface area contributed by atoms with Gasteiger partial charge in [-0.15, -0.1) is 0 Å². The SMILES string of the molecule is CNc1ncc(F)cc1C(=O)N1CCC(N(C)C)CC1. The van der Waals surface area contributed by atoms with Crippen molar-refractivity contribution in [2.24, 2.45) is 0 Å². The van der Waals surface area contributed by atoms with Gasteiger partial charge >= 0.3 is 0 Å². The second kappa shape index (κ2) is 6.17. The maximum atomic E-state index is 13.3. The van der Waals surface area contributed by atoms with E-state index in [1.807, 2.05) is 0 Å². The van der Waals surface area contributed by atoms with Crippen LogP contribution in [0.5, 0.6) is 0 Å². The van der Waals surface area contributed by atoms with Crippen LogP contribution in [-0.2, 0) is 0 Å². The van der Waals surface area contributed by atoms with E-state index < -0.39 is 5.82 Å². The highest BCUT2D eigenvalue weighted by molar-refractivity contribution is 5.98. The van der Waals surface area contributed by atoms with Crippen LogP contribution in [0.15, 0.2) is 12.3 Å². The van der Waals surface area contributed by atoms with Gasteiger partial charge in [-0.2, -0.15) is 0 Å². The summed E-state index contributed by atoms with van der Waals surface area (Å²) in [6.07, 6.45) is 2.99. The Morgan fingerprint density at radius 3 is 2.65 bits per heavy atom. The molecule has 0 unspecified atom stereocenters. The van der Waals surface area contributed by atoms with Gasteiger partial charge in [-0.1, -0.05) is 0 Å². The van der Waals surface area contributed by atoms with Crippen LogP contribution in [-0.4, -0.2) is 61.0 Å². The molecule has 20 heavy (non-hydrogen) atoms. The number of rotatable bonds is 3. The summed E-state index contributed by atoms with van der Waals surface area (Å²) in [7, 11) is 5.78. The van der Waals surface area contributed by atoms with Crippen LogP contribution in [0.25, 0.3) is 0 Å². The van der Waals surface area contributed by atoms with Crippen molar-refractivity contribution in [1.29, 1.82) is 0 Å². The third-order valence-electron chi connectivity index (χ3n) is 3.80. The molecule has 2 rings (SSSR count). The predicted molar refractivity (Wildman–Crippen MR) is 76.4 cm³/mol. The standard InChI is InChI=1S/C14H21FN4O/c1-16-13-12(8-10(15)9-17-13)14(20)19-6-4-11(5-7-19)18(2)3/h8-9,11H,4-7H2,1-3H3,(H,16,17). The lowest BCUT2D eigenvalue weighted by Gasteiger charge is -2.35. The zero-order chi connectivity index (χ0) is 14.7. The molecule has 5 nitrogen and oxygen atoms in total.